The molecule has 0 radical (unpaired) electrons. The number of rotatable bonds is 10. The fourth-order valence-corrected chi connectivity index (χ4v) is 3.58. The molecule has 0 aromatic heterocycles. The van der Waals surface area contributed by atoms with E-state index in [9.17, 15) is 9.59 Å². The molecule has 0 fully saturated rings. The summed E-state index contributed by atoms with van der Waals surface area (Å²) in [7, 11) is 4.04. The number of likely N-dealkylation sites (N-methyl/N-ethyl adjacent to an activating group) is 1. The van der Waals surface area contributed by atoms with Gasteiger partial charge < -0.3 is 15.5 Å². The zero-order valence-electron chi connectivity index (χ0n) is 18.7. The maximum atomic E-state index is 12.8. The average Bonchev–Trinajstić information content (AvgIpc) is 2.83. The molecule has 32 heavy (non-hydrogen) atoms. The van der Waals surface area contributed by atoms with E-state index < -0.39 is 6.04 Å². The van der Waals surface area contributed by atoms with E-state index in [4.69, 9.17) is 0 Å². The molecule has 5 nitrogen and oxygen atoms in total. The van der Waals surface area contributed by atoms with Gasteiger partial charge in [-0.1, -0.05) is 78.9 Å². The van der Waals surface area contributed by atoms with Crippen molar-refractivity contribution in [2.75, 3.05) is 20.6 Å². The molecule has 0 bridgehead atoms. The van der Waals surface area contributed by atoms with E-state index in [-0.39, 0.29) is 24.3 Å². The number of nitrogens with one attached hydrogen (secondary N) is 2. The van der Waals surface area contributed by atoms with Gasteiger partial charge in [0.2, 0.25) is 5.91 Å². The van der Waals surface area contributed by atoms with Crippen molar-refractivity contribution in [1.82, 2.24) is 15.5 Å². The second-order valence-corrected chi connectivity index (χ2v) is 8.12. The normalized spacial score (nSPS) is 12.7. The number of benzene rings is 3. The largest absolute Gasteiger partial charge is 0.354 e. The van der Waals surface area contributed by atoms with Gasteiger partial charge in [0.05, 0.1) is 12.5 Å². The van der Waals surface area contributed by atoms with Gasteiger partial charge in [0.25, 0.3) is 5.91 Å². The minimum absolute atomic E-state index is 0.0906. The van der Waals surface area contributed by atoms with E-state index >= 15 is 0 Å². The molecule has 5 heteroatoms. The van der Waals surface area contributed by atoms with Crippen LogP contribution < -0.4 is 10.6 Å². The molecule has 3 rings (SSSR count). The zero-order valence-corrected chi connectivity index (χ0v) is 18.7. The van der Waals surface area contributed by atoms with Crippen molar-refractivity contribution in [3.8, 4) is 0 Å². The third kappa shape index (κ3) is 7.06. The van der Waals surface area contributed by atoms with E-state index in [1.807, 2.05) is 80.8 Å². The Hall–Kier alpha value is -3.44. The fraction of sp³-hybridized carbons (Fsp3) is 0.259. The molecule has 0 aliphatic rings. The topological polar surface area (TPSA) is 61.4 Å². The van der Waals surface area contributed by atoms with Gasteiger partial charge in [-0.25, -0.2) is 0 Å². The number of amides is 2. The molecule has 0 saturated heterocycles. The quantitative estimate of drug-likeness (QED) is 0.515. The van der Waals surface area contributed by atoms with Crippen LogP contribution in [0.3, 0.4) is 0 Å². The van der Waals surface area contributed by atoms with Crippen LogP contribution in [0.4, 0.5) is 0 Å². The third-order valence-electron chi connectivity index (χ3n) is 5.51. The molecule has 0 spiro atoms. The van der Waals surface area contributed by atoms with Crippen molar-refractivity contribution in [2.24, 2.45) is 0 Å². The van der Waals surface area contributed by atoms with Crippen LogP contribution in [-0.2, 0) is 11.2 Å². The molecule has 0 aliphatic carbocycles. The predicted molar refractivity (Wildman–Crippen MR) is 128 cm³/mol. The monoisotopic (exact) mass is 429 g/mol. The van der Waals surface area contributed by atoms with E-state index in [1.54, 1.807) is 12.1 Å². The Balaban J connectivity index is 1.63. The van der Waals surface area contributed by atoms with Gasteiger partial charge in [-0.3, -0.25) is 9.59 Å². The molecule has 2 unspecified atom stereocenters. The molecule has 3 aromatic rings. The first-order valence-electron chi connectivity index (χ1n) is 10.9. The van der Waals surface area contributed by atoms with Crippen molar-refractivity contribution in [2.45, 2.75) is 24.9 Å². The first kappa shape index (κ1) is 23.2. The van der Waals surface area contributed by atoms with Gasteiger partial charge in [0, 0.05) is 18.2 Å². The molecule has 2 N–H and O–H groups in total. The smallest absolute Gasteiger partial charge is 0.251 e. The molecule has 166 valence electrons. The second kappa shape index (κ2) is 11.8. The fourth-order valence-electron chi connectivity index (χ4n) is 3.58. The first-order chi connectivity index (χ1) is 15.5. The standard InChI is InChI=1S/C27H31N3O2/c1-30(2)24(18-21-12-6-3-7-13-21)20-28-26(31)19-25(22-14-8-4-9-15-22)29-27(32)23-16-10-5-11-17-23/h3-17,24-25H,18-20H2,1-2H3,(H,28,31)(H,29,32). The van der Waals surface area contributed by atoms with Crippen molar-refractivity contribution in [1.29, 1.82) is 0 Å². The van der Waals surface area contributed by atoms with Crippen molar-refractivity contribution < 1.29 is 9.59 Å². The van der Waals surface area contributed by atoms with Gasteiger partial charge in [0.15, 0.2) is 0 Å². The third-order valence-corrected chi connectivity index (χ3v) is 5.51. The van der Waals surface area contributed by atoms with Gasteiger partial charge in [0.1, 0.15) is 0 Å². The number of hydrogen-bond acceptors (Lipinski definition) is 3. The average molecular weight is 430 g/mol. The highest BCUT2D eigenvalue weighted by Crippen LogP contribution is 2.18. The minimum Gasteiger partial charge on any atom is -0.354 e. The lowest BCUT2D eigenvalue weighted by molar-refractivity contribution is -0.121. The van der Waals surface area contributed by atoms with Gasteiger partial charge in [-0.2, -0.15) is 0 Å². The minimum atomic E-state index is -0.407. The van der Waals surface area contributed by atoms with E-state index in [1.165, 1.54) is 5.56 Å². The molecule has 3 aromatic carbocycles. The highest BCUT2D eigenvalue weighted by molar-refractivity contribution is 5.94. The highest BCUT2D eigenvalue weighted by atomic mass is 16.2. The summed E-state index contributed by atoms with van der Waals surface area (Å²) in [4.78, 5) is 27.7. The van der Waals surface area contributed by atoms with Crippen LogP contribution in [0.15, 0.2) is 91.0 Å². The van der Waals surface area contributed by atoms with Crippen molar-refractivity contribution >= 4 is 11.8 Å². The molecule has 2 atom stereocenters. The summed E-state index contributed by atoms with van der Waals surface area (Å²) < 4.78 is 0. The van der Waals surface area contributed by atoms with Crippen LogP contribution in [0.25, 0.3) is 0 Å². The van der Waals surface area contributed by atoms with Crippen LogP contribution in [0, 0.1) is 0 Å². The Labute approximate surface area is 190 Å². The molecule has 0 saturated carbocycles. The van der Waals surface area contributed by atoms with Crippen LogP contribution in [0.2, 0.25) is 0 Å². The lowest BCUT2D eigenvalue weighted by Gasteiger charge is -2.25. The Bertz CT molecular complexity index is 976. The van der Waals surface area contributed by atoms with E-state index in [2.05, 4.69) is 27.7 Å². The lowest BCUT2D eigenvalue weighted by atomic mass is 10.0. The second-order valence-electron chi connectivity index (χ2n) is 8.12. The summed E-state index contributed by atoms with van der Waals surface area (Å²) in [5.41, 5.74) is 2.71. The predicted octanol–water partition coefficient (Wildman–Crippen LogP) is 3.84. The molecule has 2 amide bonds. The van der Waals surface area contributed by atoms with Crippen LogP contribution >= 0.6 is 0 Å². The Kier molecular flexibility index (Phi) is 8.58. The van der Waals surface area contributed by atoms with Gasteiger partial charge in [-0.05, 0) is 43.8 Å². The summed E-state index contributed by atoms with van der Waals surface area (Å²) >= 11 is 0. The molecular formula is C27H31N3O2. The lowest BCUT2D eigenvalue weighted by Crippen LogP contribution is -2.42. The maximum absolute atomic E-state index is 12.8. The Morgan fingerprint density at radius 2 is 1.38 bits per heavy atom. The van der Waals surface area contributed by atoms with Crippen molar-refractivity contribution in [3.05, 3.63) is 108 Å². The van der Waals surface area contributed by atoms with Gasteiger partial charge >= 0.3 is 0 Å². The maximum Gasteiger partial charge on any atom is 0.251 e. The molecule has 0 aliphatic heterocycles. The molecular weight excluding hydrogens is 398 g/mol. The van der Waals surface area contributed by atoms with Crippen LogP contribution in [0.5, 0.6) is 0 Å². The first-order valence-corrected chi connectivity index (χ1v) is 10.9. The Morgan fingerprint density at radius 1 is 0.812 bits per heavy atom. The number of carbonyl (C=O) groups is 2. The summed E-state index contributed by atoms with van der Waals surface area (Å²) in [5, 5.41) is 6.09. The number of hydrogen-bond donors (Lipinski definition) is 2. The summed E-state index contributed by atoms with van der Waals surface area (Å²) in [6.07, 6.45) is 1.02. The van der Waals surface area contributed by atoms with Gasteiger partial charge in [-0.15, -0.1) is 0 Å². The van der Waals surface area contributed by atoms with E-state index in [0.717, 1.165) is 12.0 Å². The van der Waals surface area contributed by atoms with Crippen molar-refractivity contribution in [3.63, 3.8) is 0 Å². The van der Waals surface area contributed by atoms with E-state index in [0.29, 0.717) is 12.1 Å². The molecule has 0 heterocycles. The summed E-state index contributed by atoms with van der Waals surface area (Å²) in [5.74, 6) is -0.283. The number of nitrogens with zero attached hydrogens (tertiary/aromatic N) is 1. The SMILES string of the molecule is CN(C)C(CNC(=O)CC(NC(=O)c1ccccc1)c1ccccc1)Cc1ccccc1. The Morgan fingerprint density at radius 3 is 1.97 bits per heavy atom. The highest BCUT2D eigenvalue weighted by Gasteiger charge is 2.20. The summed E-state index contributed by atoms with van der Waals surface area (Å²) in [6.45, 7) is 0.537. The zero-order chi connectivity index (χ0) is 22.8. The van der Waals surface area contributed by atoms with Crippen LogP contribution in [0.1, 0.15) is 33.9 Å². The number of carbonyl (C=O) groups excluding carboxylic acids is 2. The summed E-state index contributed by atoms with van der Waals surface area (Å²) in [6, 6.07) is 28.7. The van der Waals surface area contributed by atoms with Crippen LogP contribution in [-0.4, -0.2) is 43.4 Å².